The Morgan fingerprint density at radius 2 is 1.51 bits per heavy atom. The number of ether oxygens (including phenoxy) is 1. The fraction of sp³-hybridized carbons (Fsp3) is 0.387. The smallest absolute Gasteiger partial charge is 0.407 e. The van der Waals surface area contributed by atoms with E-state index in [1.807, 2.05) is 17.3 Å². The third-order valence-corrected chi connectivity index (χ3v) is 8.23. The summed E-state index contributed by atoms with van der Waals surface area (Å²) < 4.78 is 4.67. The number of H-pyrrole nitrogens is 2. The minimum Gasteiger partial charge on any atom is -0.453 e. The van der Waals surface area contributed by atoms with Gasteiger partial charge in [0.05, 0.1) is 49.0 Å². The topological polar surface area (TPSA) is 131 Å². The van der Waals surface area contributed by atoms with Crippen molar-refractivity contribution in [1.82, 2.24) is 35.5 Å². The molecule has 4 heterocycles. The van der Waals surface area contributed by atoms with E-state index in [-0.39, 0.29) is 6.04 Å². The summed E-state index contributed by atoms with van der Waals surface area (Å²) in [5, 5.41) is 17.0. The van der Waals surface area contributed by atoms with Crippen LogP contribution in [0, 0.1) is 0 Å². The number of hydrogen-bond donors (Lipinski definition) is 5. The molecule has 6 rings (SSSR count). The monoisotopic (exact) mass is 555 g/mol. The number of aliphatic hydroxyl groups excluding tert-OH is 1. The van der Waals surface area contributed by atoms with E-state index in [9.17, 15) is 9.90 Å². The van der Waals surface area contributed by atoms with Gasteiger partial charge < -0.3 is 30.4 Å². The van der Waals surface area contributed by atoms with Crippen molar-refractivity contribution in [3.63, 3.8) is 0 Å². The molecule has 214 valence electrons. The van der Waals surface area contributed by atoms with Crippen LogP contribution < -0.4 is 10.6 Å². The maximum Gasteiger partial charge on any atom is 0.407 e. The molecule has 1 amide bonds. The second-order valence-corrected chi connectivity index (χ2v) is 10.9. The van der Waals surface area contributed by atoms with Crippen LogP contribution in [0.1, 0.15) is 56.3 Å². The quantitative estimate of drug-likeness (QED) is 0.212. The van der Waals surface area contributed by atoms with E-state index in [1.165, 1.54) is 13.5 Å². The number of aromatic amines is 2. The molecule has 4 aromatic rings. The van der Waals surface area contributed by atoms with Gasteiger partial charge in [-0.25, -0.2) is 14.8 Å². The number of methoxy groups -OCH3 is 1. The van der Waals surface area contributed by atoms with Crippen molar-refractivity contribution in [2.45, 2.75) is 57.0 Å². The summed E-state index contributed by atoms with van der Waals surface area (Å²) in [6, 6.07) is 16.8. The largest absolute Gasteiger partial charge is 0.453 e. The lowest BCUT2D eigenvalue weighted by Crippen LogP contribution is -2.50. The second kappa shape index (κ2) is 11.9. The van der Waals surface area contributed by atoms with E-state index in [4.69, 9.17) is 0 Å². The number of aromatic nitrogens is 4. The van der Waals surface area contributed by atoms with E-state index in [2.05, 4.69) is 83.8 Å². The molecule has 4 atom stereocenters. The number of nitrogens with zero attached hydrogens (tertiary/aromatic N) is 3. The van der Waals surface area contributed by atoms with E-state index in [0.29, 0.717) is 6.04 Å². The van der Waals surface area contributed by atoms with Crippen LogP contribution in [0.5, 0.6) is 0 Å². The number of nitrogens with one attached hydrogen (secondary N) is 4. The zero-order valence-corrected chi connectivity index (χ0v) is 23.4. The molecule has 0 saturated carbocycles. The van der Waals surface area contributed by atoms with Crippen LogP contribution in [0.15, 0.2) is 60.9 Å². The number of alkyl carbamates (subject to hydrolysis) is 1. The zero-order valence-electron chi connectivity index (χ0n) is 23.4. The Balaban J connectivity index is 1.12. The van der Waals surface area contributed by atoms with Gasteiger partial charge in [0, 0.05) is 6.54 Å². The highest BCUT2D eigenvalue weighted by molar-refractivity contribution is 5.71. The van der Waals surface area contributed by atoms with Gasteiger partial charge in [0.2, 0.25) is 0 Å². The molecule has 10 heteroatoms. The predicted molar refractivity (Wildman–Crippen MR) is 157 cm³/mol. The van der Waals surface area contributed by atoms with Gasteiger partial charge in [0.15, 0.2) is 0 Å². The van der Waals surface area contributed by atoms with Crippen LogP contribution in [-0.4, -0.2) is 68.5 Å². The first-order valence-electron chi connectivity index (χ1n) is 14.3. The Bertz CT molecular complexity index is 1460. The Kier molecular flexibility index (Phi) is 7.86. The molecule has 2 fully saturated rings. The molecule has 0 aliphatic carbocycles. The van der Waals surface area contributed by atoms with Gasteiger partial charge in [-0.1, -0.05) is 48.5 Å². The van der Waals surface area contributed by atoms with Crippen molar-refractivity contribution in [2.75, 3.05) is 20.2 Å². The Morgan fingerprint density at radius 3 is 2.10 bits per heavy atom. The lowest BCUT2D eigenvalue weighted by molar-refractivity contribution is -0.0292. The van der Waals surface area contributed by atoms with Crippen molar-refractivity contribution < 1.29 is 14.6 Å². The van der Waals surface area contributed by atoms with Crippen LogP contribution >= 0.6 is 0 Å². The van der Waals surface area contributed by atoms with E-state index in [1.54, 1.807) is 6.92 Å². The lowest BCUT2D eigenvalue weighted by atomic mass is 10.0. The second-order valence-electron chi connectivity index (χ2n) is 10.9. The van der Waals surface area contributed by atoms with Gasteiger partial charge in [-0.2, -0.15) is 0 Å². The summed E-state index contributed by atoms with van der Waals surface area (Å²) in [5.74, 6) is 1.83. The summed E-state index contributed by atoms with van der Waals surface area (Å²) in [4.78, 5) is 29.8. The van der Waals surface area contributed by atoms with E-state index in [0.717, 1.165) is 77.6 Å². The number of likely N-dealkylation sites (tertiary alicyclic amines) is 1. The van der Waals surface area contributed by atoms with Crippen LogP contribution in [-0.2, 0) is 4.74 Å². The van der Waals surface area contributed by atoms with Crippen molar-refractivity contribution >= 4 is 6.09 Å². The molecular weight excluding hydrogens is 518 g/mol. The molecule has 0 spiro atoms. The fourth-order valence-corrected chi connectivity index (χ4v) is 5.92. The molecule has 2 aromatic heterocycles. The highest BCUT2D eigenvalue weighted by atomic mass is 16.5. The molecule has 10 nitrogen and oxygen atoms in total. The van der Waals surface area contributed by atoms with Gasteiger partial charge in [-0.3, -0.25) is 4.90 Å². The van der Waals surface area contributed by atoms with E-state index >= 15 is 0 Å². The predicted octanol–water partition coefficient (Wildman–Crippen LogP) is 4.76. The summed E-state index contributed by atoms with van der Waals surface area (Å²) in [6.07, 6.45) is 6.49. The maximum absolute atomic E-state index is 11.6. The van der Waals surface area contributed by atoms with Crippen molar-refractivity contribution in [2.24, 2.45) is 0 Å². The number of benzene rings is 2. The molecule has 0 radical (unpaired) electrons. The van der Waals surface area contributed by atoms with Gasteiger partial charge >= 0.3 is 6.09 Å². The molecular formula is C31H37N7O3. The van der Waals surface area contributed by atoms with Crippen molar-refractivity contribution in [3.05, 3.63) is 72.6 Å². The lowest BCUT2D eigenvalue weighted by Gasteiger charge is -2.32. The molecule has 5 N–H and O–H groups in total. The summed E-state index contributed by atoms with van der Waals surface area (Å²) in [6.45, 7) is 3.54. The van der Waals surface area contributed by atoms with Crippen molar-refractivity contribution in [3.8, 4) is 33.6 Å². The van der Waals surface area contributed by atoms with Crippen LogP contribution in [0.2, 0.25) is 0 Å². The normalized spacial score (nSPS) is 20.7. The number of imidazole rings is 2. The highest BCUT2D eigenvalue weighted by Gasteiger charge is 2.35. The minimum atomic E-state index is -0.847. The molecule has 2 aliphatic heterocycles. The van der Waals surface area contributed by atoms with Gasteiger partial charge in [-0.05, 0) is 61.4 Å². The van der Waals surface area contributed by atoms with Crippen LogP contribution in [0.25, 0.3) is 33.6 Å². The van der Waals surface area contributed by atoms with E-state index < -0.39 is 18.4 Å². The molecule has 1 unspecified atom stereocenters. The average molecular weight is 556 g/mol. The fourth-order valence-electron chi connectivity index (χ4n) is 5.92. The average Bonchev–Trinajstić information content (AvgIpc) is 3.82. The first-order chi connectivity index (χ1) is 20.0. The number of carbonyl (C=O) groups is 1. The Labute approximate surface area is 239 Å². The van der Waals surface area contributed by atoms with Crippen molar-refractivity contribution in [1.29, 1.82) is 0 Å². The first kappa shape index (κ1) is 27.2. The number of rotatable bonds is 8. The molecule has 0 bridgehead atoms. The number of amides is 1. The summed E-state index contributed by atoms with van der Waals surface area (Å²) in [5.41, 5.74) is 6.41. The number of aliphatic hydroxyl groups is 1. The Morgan fingerprint density at radius 1 is 0.927 bits per heavy atom. The molecule has 2 saturated heterocycles. The first-order valence-corrected chi connectivity index (χ1v) is 14.3. The standard InChI is InChI=1S/C31H37N7O3/c1-19(35-31(40)41-2)30(39)38-16-4-6-27(38)29-34-18-26(37-29)23-13-9-21(10-14-23)20-7-11-22(12-8-20)25-17-33-28(36-25)24-5-3-15-32-24/h7-14,17-19,24,27,30,32,39H,3-6,15-16H2,1-2H3,(H,33,36)(H,34,37)(H,35,40)/t19-,24-,27-,30?/m0/s1. The molecule has 41 heavy (non-hydrogen) atoms. The minimum absolute atomic E-state index is 0.0567. The molecule has 2 aromatic carbocycles. The third kappa shape index (κ3) is 5.76. The number of hydrogen-bond acceptors (Lipinski definition) is 7. The summed E-state index contributed by atoms with van der Waals surface area (Å²) >= 11 is 0. The van der Waals surface area contributed by atoms with Gasteiger partial charge in [-0.15, -0.1) is 0 Å². The van der Waals surface area contributed by atoms with Gasteiger partial charge in [0.25, 0.3) is 0 Å². The SMILES string of the molecule is COC(=O)N[C@@H](C)C(O)N1CCC[C@H]1c1ncc(-c2ccc(-c3ccc(-c4cnc([C@@H]5CCCN5)[nH]4)cc3)cc2)[nH]1. The van der Waals surface area contributed by atoms with Gasteiger partial charge in [0.1, 0.15) is 17.9 Å². The maximum atomic E-state index is 11.6. The van der Waals surface area contributed by atoms with Crippen LogP contribution in [0.3, 0.4) is 0 Å². The zero-order chi connectivity index (χ0) is 28.3. The highest BCUT2D eigenvalue weighted by Crippen LogP contribution is 2.34. The third-order valence-electron chi connectivity index (χ3n) is 8.23. The van der Waals surface area contributed by atoms with Crippen LogP contribution in [0.4, 0.5) is 4.79 Å². The molecule has 2 aliphatic rings. The summed E-state index contributed by atoms with van der Waals surface area (Å²) in [7, 11) is 1.31. The Hall–Kier alpha value is -3.99. The number of carbonyl (C=O) groups excluding carboxylic acids is 1.